The van der Waals surface area contributed by atoms with E-state index in [1.807, 2.05) is 0 Å². The zero-order valence-corrected chi connectivity index (χ0v) is 9.04. The summed E-state index contributed by atoms with van der Waals surface area (Å²) in [5, 5.41) is 0. The number of ether oxygens (including phenoxy) is 1. The van der Waals surface area contributed by atoms with E-state index in [1.54, 1.807) is 0 Å². The highest BCUT2D eigenvalue weighted by atomic mass is 19.3. The number of aromatic nitrogens is 1. The molecule has 0 amide bonds. The van der Waals surface area contributed by atoms with E-state index < -0.39 is 30.2 Å². The summed E-state index contributed by atoms with van der Waals surface area (Å²) >= 11 is 0. The summed E-state index contributed by atoms with van der Waals surface area (Å²) in [5.41, 5.74) is 3.88. The number of nitrogens with zero attached hydrogens (tertiary/aromatic N) is 1. The van der Waals surface area contributed by atoms with Crippen LogP contribution in [0.1, 0.15) is 23.2 Å². The lowest BCUT2D eigenvalue weighted by atomic mass is 10.1. The standard InChI is InChI=1S/C10H11F3N2O2/c1-17-7(16)2-5-4-15-6(3-14)8(9(5)11)10(12)13/h4,10H,2-3,14H2,1H3. The van der Waals surface area contributed by atoms with Gasteiger partial charge in [-0.2, -0.15) is 0 Å². The van der Waals surface area contributed by atoms with Gasteiger partial charge in [-0.05, 0) is 0 Å². The maximum absolute atomic E-state index is 13.7. The third-order valence-electron chi connectivity index (χ3n) is 2.18. The molecule has 0 atom stereocenters. The van der Waals surface area contributed by atoms with Crippen molar-refractivity contribution < 1.29 is 22.7 Å². The van der Waals surface area contributed by atoms with Crippen molar-refractivity contribution >= 4 is 5.97 Å². The summed E-state index contributed by atoms with van der Waals surface area (Å²) in [5.74, 6) is -1.88. The molecule has 0 bridgehead atoms. The summed E-state index contributed by atoms with van der Waals surface area (Å²) in [7, 11) is 1.12. The highest BCUT2D eigenvalue weighted by Crippen LogP contribution is 2.26. The molecule has 4 nitrogen and oxygen atoms in total. The van der Waals surface area contributed by atoms with Crippen LogP contribution in [0.5, 0.6) is 0 Å². The maximum atomic E-state index is 13.7. The van der Waals surface area contributed by atoms with Crippen LogP contribution >= 0.6 is 0 Å². The molecule has 0 aliphatic heterocycles. The molecule has 7 heteroatoms. The number of rotatable bonds is 4. The maximum Gasteiger partial charge on any atom is 0.310 e. The van der Waals surface area contributed by atoms with Crippen molar-refractivity contribution in [1.29, 1.82) is 0 Å². The van der Waals surface area contributed by atoms with Crippen molar-refractivity contribution in [2.45, 2.75) is 19.4 Å². The average Bonchev–Trinajstić information content (AvgIpc) is 2.30. The second-order valence-electron chi connectivity index (χ2n) is 3.22. The SMILES string of the molecule is COC(=O)Cc1cnc(CN)c(C(F)F)c1F. The van der Waals surface area contributed by atoms with Crippen LogP contribution in [0.3, 0.4) is 0 Å². The van der Waals surface area contributed by atoms with Gasteiger partial charge in [-0.3, -0.25) is 9.78 Å². The fourth-order valence-electron chi connectivity index (χ4n) is 1.32. The molecule has 0 unspecified atom stereocenters. The molecule has 0 aromatic carbocycles. The van der Waals surface area contributed by atoms with Gasteiger partial charge in [-0.15, -0.1) is 0 Å². The number of hydrogen-bond acceptors (Lipinski definition) is 4. The van der Waals surface area contributed by atoms with Crippen LogP contribution in [-0.4, -0.2) is 18.1 Å². The van der Waals surface area contributed by atoms with Crippen molar-refractivity contribution in [1.82, 2.24) is 4.98 Å². The number of alkyl halides is 2. The second kappa shape index (κ2) is 5.62. The molecular formula is C10H11F3N2O2. The first-order valence-corrected chi connectivity index (χ1v) is 4.72. The fraction of sp³-hybridized carbons (Fsp3) is 0.400. The lowest BCUT2D eigenvalue weighted by molar-refractivity contribution is -0.139. The Hall–Kier alpha value is -1.63. The van der Waals surface area contributed by atoms with E-state index in [0.29, 0.717) is 0 Å². The largest absolute Gasteiger partial charge is 0.469 e. The van der Waals surface area contributed by atoms with Crippen molar-refractivity contribution in [2.75, 3.05) is 7.11 Å². The van der Waals surface area contributed by atoms with Crippen LogP contribution in [0, 0.1) is 5.82 Å². The number of esters is 1. The topological polar surface area (TPSA) is 65.2 Å². The van der Waals surface area contributed by atoms with Gasteiger partial charge in [0.25, 0.3) is 6.43 Å². The van der Waals surface area contributed by atoms with E-state index >= 15 is 0 Å². The quantitative estimate of drug-likeness (QED) is 0.816. The monoisotopic (exact) mass is 248 g/mol. The molecule has 0 fully saturated rings. The summed E-state index contributed by atoms with van der Waals surface area (Å²) in [6, 6.07) is 0. The van der Waals surface area contributed by atoms with Crippen molar-refractivity contribution in [3.63, 3.8) is 0 Å². The van der Waals surface area contributed by atoms with Gasteiger partial charge >= 0.3 is 5.97 Å². The Morgan fingerprint density at radius 1 is 1.59 bits per heavy atom. The molecule has 0 spiro atoms. The molecule has 0 saturated carbocycles. The predicted molar refractivity (Wildman–Crippen MR) is 52.8 cm³/mol. The summed E-state index contributed by atoms with van der Waals surface area (Å²) < 4.78 is 43.3. The first kappa shape index (κ1) is 13.4. The Kier molecular flexibility index (Phi) is 4.45. The van der Waals surface area contributed by atoms with Crippen LogP contribution in [0.15, 0.2) is 6.20 Å². The number of carbonyl (C=O) groups excluding carboxylic acids is 1. The van der Waals surface area contributed by atoms with Gasteiger partial charge < -0.3 is 10.5 Å². The van der Waals surface area contributed by atoms with E-state index in [1.165, 1.54) is 0 Å². The molecule has 1 rings (SSSR count). The average molecular weight is 248 g/mol. The lowest BCUT2D eigenvalue weighted by Gasteiger charge is -2.10. The first-order chi connectivity index (χ1) is 8.01. The van der Waals surface area contributed by atoms with Gasteiger partial charge in [0.15, 0.2) is 0 Å². The molecule has 0 radical (unpaired) electrons. The van der Waals surface area contributed by atoms with Gasteiger partial charge in [0.1, 0.15) is 5.82 Å². The number of carbonyl (C=O) groups is 1. The molecule has 2 N–H and O–H groups in total. The van der Waals surface area contributed by atoms with Crippen molar-refractivity contribution in [3.8, 4) is 0 Å². The van der Waals surface area contributed by atoms with E-state index in [9.17, 15) is 18.0 Å². The molecule has 0 aliphatic carbocycles. The van der Waals surface area contributed by atoms with Crippen molar-refractivity contribution in [2.24, 2.45) is 5.73 Å². The minimum Gasteiger partial charge on any atom is -0.469 e. The second-order valence-corrected chi connectivity index (χ2v) is 3.22. The Bertz CT molecular complexity index is 424. The first-order valence-electron chi connectivity index (χ1n) is 4.72. The minimum atomic E-state index is -3.03. The van der Waals surface area contributed by atoms with E-state index in [4.69, 9.17) is 5.73 Å². The van der Waals surface area contributed by atoms with Crippen LogP contribution in [0.4, 0.5) is 13.2 Å². The molecule has 94 valence electrons. The van der Waals surface area contributed by atoms with Gasteiger partial charge in [0.05, 0.1) is 24.8 Å². The molecule has 1 heterocycles. The zero-order chi connectivity index (χ0) is 13.0. The highest BCUT2D eigenvalue weighted by Gasteiger charge is 2.22. The predicted octanol–water partition coefficient (Wildman–Crippen LogP) is 1.33. The van der Waals surface area contributed by atoms with Crippen LogP contribution in [0.25, 0.3) is 0 Å². The molecule has 17 heavy (non-hydrogen) atoms. The van der Waals surface area contributed by atoms with Gasteiger partial charge in [-0.25, -0.2) is 13.2 Å². The summed E-state index contributed by atoms with van der Waals surface area (Å²) in [6.45, 7) is -0.297. The third-order valence-corrected chi connectivity index (χ3v) is 2.18. The molecule has 0 aliphatic rings. The van der Waals surface area contributed by atoms with Crippen molar-refractivity contribution in [3.05, 3.63) is 28.8 Å². The number of hydrogen-bond donors (Lipinski definition) is 1. The van der Waals surface area contributed by atoms with Crippen LogP contribution < -0.4 is 5.73 Å². The van der Waals surface area contributed by atoms with E-state index in [2.05, 4.69) is 9.72 Å². The third kappa shape index (κ3) is 2.94. The molecular weight excluding hydrogens is 237 g/mol. The van der Waals surface area contributed by atoms with E-state index in [0.717, 1.165) is 13.3 Å². The Labute approximate surface area is 95.6 Å². The molecule has 1 aromatic heterocycles. The molecule has 1 aromatic rings. The Morgan fingerprint density at radius 3 is 2.71 bits per heavy atom. The smallest absolute Gasteiger partial charge is 0.310 e. The Morgan fingerprint density at radius 2 is 2.24 bits per heavy atom. The fourth-order valence-corrected chi connectivity index (χ4v) is 1.32. The van der Waals surface area contributed by atoms with Gasteiger partial charge in [0, 0.05) is 18.3 Å². The minimum absolute atomic E-state index is 0.217. The summed E-state index contributed by atoms with van der Waals surface area (Å²) in [4.78, 5) is 14.6. The zero-order valence-electron chi connectivity index (χ0n) is 9.04. The number of pyridine rings is 1. The van der Waals surface area contributed by atoms with E-state index in [-0.39, 0.29) is 17.8 Å². The summed E-state index contributed by atoms with van der Waals surface area (Å²) in [6.07, 6.45) is -2.46. The highest BCUT2D eigenvalue weighted by molar-refractivity contribution is 5.72. The van der Waals surface area contributed by atoms with Gasteiger partial charge in [-0.1, -0.05) is 0 Å². The Balaban J connectivity index is 3.18. The number of methoxy groups -OCH3 is 1. The molecule has 0 saturated heterocycles. The normalized spacial score (nSPS) is 10.7. The van der Waals surface area contributed by atoms with Crippen LogP contribution in [-0.2, 0) is 22.5 Å². The lowest BCUT2D eigenvalue weighted by Crippen LogP contribution is -2.13. The van der Waals surface area contributed by atoms with Gasteiger partial charge in [0.2, 0.25) is 0 Å². The number of nitrogens with two attached hydrogens (primary N) is 1. The number of halogens is 3. The van der Waals surface area contributed by atoms with Crippen LogP contribution in [0.2, 0.25) is 0 Å².